The predicted octanol–water partition coefficient (Wildman–Crippen LogP) is 3.33. The van der Waals surface area contributed by atoms with Crippen LogP contribution in [0.2, 0.25) is 0 Å². The van der Waals surface area contributed by atoms with Crippen LogP contribution in [0, 0.1) is 0 Å². The summed E-state index contributed by atoms with van der Waals surface area (Å²) in [5, 5.41) is 8.74. The van der Waals surface area contributed by atoms with Crippen molar-refractivity contribution in [3.05, 3.63) is 41.2 Å². The standard InChI is InChI=1S/C16H14N4O3S/c1-22-15-10(3-2-7-17-15)14(21)18-11-6-8-24-12(11)16-19-13(20-23-16)9-4-5-9/h2-3,6-9H,4-5H2,1H3,(H,18,21). The van der Waals surface area contributed by atoms with E-state index in [4.69, 9.17) is 9.26 Å². The average molecular weight is 342 g/mol. The van der Waals surface area contributed by atoms with Crippen LogP contribution in [0.1, 0.15) is 34.9 Å². The fourth-order valence-electron chi connectivity index (χ4n) is 2.32. The summed E-state index contributed by atoms with van der Waals surface area (Å²) >= 11 is 1.44. The van der Waals surface area contributed by atoms with Crippen LogP contribution in [0.15, 0.2) is 34.3 Å². The van der Waals surface area contributed by atoms with E-state index in [2.05, 4.69) is 20.4 Å². The molecule has 0 bridgehead atoms. The molecule has 1 N–H and O–H groups in total. The summed E-state index contributed by atoms with van der Waals surface area (Å²) in [6, 6.07) is 5.15. The highest BCUT2D eigenvalue weighted by Gasteiger charge is 2.29. The summed E-state index contributed by atoms with van der Waals surface area (Å²) in [7, 11) is 1.48. The summed E-state index contributed by atoms with van der Waals surface area (Å²) in [5.74, 6) is 1.56. The monoisotopic (exact) mass is 342 g/mol. The molecule has 3 aromatic rings. The molecule has 0 spiro atoms. The highest BCUT2D eigenvalue weighted by Crippen LogP contribution is 2.40. The van der Waals surface area contributed by atoms with E-state index < -0.39 is 0 Å². The van der Waals surface area contributed by atoms with Gasteiger partial charge in [0.2, 0.25) is 5.88 Å². The average Bonchev–Trinajstić information content (AvgIpc) is 3.16. The van der Waals surface area contributed by atoms with Gasteiger partial charge in [0.25, 0.3) is 11.8 Å². The molecule has 0 atom stereocenters. The number of pyridine rings is 1. The van der Waals surface area contributed by atoms with Crippen LogP contribution in [0.5, 0.6) is 5.88 Å². The zero-order chi connectivity index (χ0) is 16.5. The van der Waals surface area contributed by atoms with Crippen molar-refractivity contribution in [3.8, 4) is 16.6 Å². The van der Waals surface area contributed by atoms with Crippen molar-refractivity contribution in [2.45, 2.75) is 18.8 Å². The first-order chi connectivity index (χ1) is 11.8. The van der Waals surface area contributed by atoms with Crippen molar-refractivity contribution in [2.75, 3.05) is 12.4 Å². The van der Waals surface area contributed by atoms with Crippen molar-refractivity contribution in [2.24, 2.45) is 0 Å². The number of ether oxygens (including phenoxy) is 1. The molecule has 122 valence electrons. The summed E-state index contributed by atoms with van der Waals surface area (Å²) in [6.45, 7) is 0. The van der Waals surface area contributed by atoms with Crippen molar-refractivity contribution >= 4 is 22.9 Å². The maximum atomic E-state index is 12.5. The van der Waals surface area contributed by atoms with Gasteiger partial charge in [-0.1, -0.05) is 5.16 Å². The van der Waals surface area contributed by atoms with Gasteiger partial charge in [-0.25, -0.2) is 4.98 Å². The molecule has 1 aliphatic carbocycles. The third-order valence-corrected chi connectivity index (χ3v) is 4.60. The Morgan fingerprint density at radius 2 is 2.29 bits per heavy atom. The number of thiophene rings is 1. The lowest BCUT2D eigenvalue weighted by atomic mass is 10.2. The molecule has 7 nitrogen and oxygen atoms in total. The van der Waals surface area contributed by atoms with E-state index in [1.807, 2.05) is 11.4 Å². The Balaban J connectivity index is 1.59. The number of amides is 1. The molecule has 1 aliphatic rings. The van der Waals surface area contributed by atoms with Gasteiger partial charge in [-0.3, -0.25) is 4.79 Å². The molecule has 3 aromatic heterocycles. The van der Waals surface area contributed by atoms with Crippen LogP contribution in [0.4, 0.5) is 5.69 Å². The SMILES string of the molecule is COc1ncccc1C(=O)Nc1ccsc1-c1nc(C2CC2)no1. The molecule has 24 heavy (non-hydrogen) atoms. The number of anilines is 1. The van der Waals surface area contributed by atoms with Crippen LogP contribution >= 0.6 is 11.3 Å². The molecule has 0 aromatic carbocycles. The lowest BCUT2D eigenvalue weighted by Crippen LogP contribution is -2.13. The van der Waals surface area contributed by atoms with E-state index in [0.717, 1.165) is 23.5 Å². The van der Waals surface area contributed by atoms with Gasteiger partial charge in [-0.2, -0.15) is 4.98 Å². The molecular weight excluding hydrogens is 328 g/mol. The minimum atomic E-state index is -0.304. The highest BCUT2D eigenvalue weighted by molar-refractivity contribution is 7.14. The Kier molecular flexibility index (Phi) is 3.73. The summed E-state index contributed by atoms with van der Waals surface area (Å²) in [6.07, 6.45) is 3.78. The number of aromatic nitrogens is 3. The Hall–Kier alpha value is -2.74. The van der Waals surface area contributed by atoms with Gasteiger partial charge in [-0.05, 0) is 36.4 Å². The number of nitrogens with one attached hydrogen (secondary N) is 1. The number of carbonyl (C=O) groups excluding carboxylic acids is 1. The molecule has 0 radical (unpaired) electrons. The maximum Gasteiger partial charge on any atom is 0.270 e. The van der Waals surface area contributed by atoms with Gasteiger partial charge in [0.1, 0.15) is 10.4 Å². The minimum absolute atomic E-state index is 0.278. The molecule has 4 rings (SSSR count). The highest BCUT2D eigenvalue weighted by atomic mass is 32.1. The second kappa shape index (κ2) is 6.04. The zero-order valence-corrected chi connectivity index (χ0v) is 13.7. The van der Waals surface area contributed by atoms with Crippen molar-refractivity contribution < 1.29 is 14.1 Å². The third kappa shape index (κ3) is 2.76. The summed E-state index contributed by atoms with van der Waals surface area (Å²) in [4.78, 5) is 21.7. The van der Waals surface area contributed by atoms with Crippen molar-refractivity contribution in [1.82, 2.24) is 15.1 Å². The summed E-state index contributed by atoms with van der Waals surface area (Å²) in [5.41, 5.74) is 0.989. The van der Waals surface area contributed by atoms with E-state index in [0.29, 0.717) is 23.1 Å². The Morgan fingerprint density at radius 1 is 1.42 bits per heavy atom. The van der Waals surface area contributed by atoms with Crippen LogP contribution in [-0.4, -0.2) is 28.1 Å². The van der Waals surface area contributed by atoms with Gasteiger partial charge in [0.15, 0.2) is 5.82 Å². The molecule has 1 amide bonds. The summed E-state index contributed by atoms with van der Waals surface area (Å²) < 4.78 is 10.5. The van der Waals surface area contributed by atoms with E-state index in [1.165, 1.54) is 18.4 Å². The molecule has 0 unspecified atom stereocenters. The van der Waals surface area contributed by atoms with Gasteiger partial charge >= 0.3 is 0 Å². The van der Waals surface area contributed by atoms with Crippen molar-refractivity contribution in [1.29, 1.82) is 0 Å². The first kappa shape index (κ1) is 14.8. The molecule has 0 saturated heterocycles. The smallest absolute Gasteiger partial charge is 0.270 e. The van der Waals surface area contributed by atoms with Crippen molar-refractivity contribution in [3.63, 3.8) is 0 Å². The van der Waals surface area contributed by atoms with Crippen LogP contribution in [0.3, 0.4) is 0 Å². The molecule has 8 heteroatoms. The zero-order valence-electron chi connectivity index (χ0n) is 12.9. The van der Waals surface area contributed by atoms with Gasteiger partial charge in [0, 0.05) is 12.1 Å². The number of hydrogen-bond donors (Lipinski definition) is 1. The normalized spacial score (nSPS) is 13.7. The topological polar surface area (TPSA) is 90.1 Å². The minimum Gasteiger partial charge on any atom is -0.480 e. The second-order valence-corrected chi connectivity index (χ2v) is 6.33. The number of carbonyl (C=O) groups is 1. The second-order valence-electron chi connectivity index (χ2n) is 5.41. The fraction of sp³-hybridized carbons (Fsp3) is 0.250. The first-order valence-electron chi connectivity index (χ1n) is 7.48. The van der Waals surface area contributed by atoms with Gasteiger partial charge in [-0.15, -0.1) is 11.3 Å². The largest absolute Gasteiger partial charge is 0.480 e. The predicted molar refractivity (Wildman–Crippen MR) is 88.3 cm³/mol. The van der Waals surface area contributed by atoms with E-state index in [-0.39, 0.29) is 11.8 Å². The van der Waals surface area contributed by atoms with Crippen LogP contribution < -0.4 is 10.1 Å². The molecule has 1 fully saturated rings. The van der Waals surface area contributed by atoms with E-state index in [1.54, 1.807) is 18.3 Å². The number of hydrogen-bond acceptors (Lipinski definition) is 7. The molecule has 3 heterocycles. The Labute approximate surface area is 141 Å². The molecule has 0 aliphatic heterocycles. The number of nitrogens with zero attached hydrogens (tertiary/aromatic N) is 3. The van der Waals surface area contributed by atoms with E-state index >= 15 is 0 Å². The Bertz CT molecular complexity index is 885. The van der Waals surface area contributed by atoms with Gasteiger partial charge in [0.05, 0.1) is 12.8 Å². The third-order valence-electron chi connectivity index (χ3n) is 3.70. The molecule has 1 saturated carbocycles. The van der Waals surface area contributed by atoms with Gasteiger partial charge < -0.3 is 14.6 Å². The Morgan fingerprint density at radius 3 is 3.08 bits per heavy atom. The first-order valence-corrected chi connectivity index (χ1v) is 8.36. The lowest BCUT2D eigenvalue weighted by Gasteiger charge is -2.07. The van der Waals surface area contributed by atoms with Crippen LogP contribution in [0.25, 0.3) is 10.8 Å². The van der Waals surface area contributed by atoms with E-state index in [9.17, 15) is 4.79 Å². The lowest BCUT2D eigenvalue weighted by molar-refractivity contribution is 0.102. The number of rotatable bonds is 5. The number of methoxy groups -OCH3 is 1. The maximum absolute atomic E-state index is 12.5. The van der Waals surface area contributed by atoms with Crippen LogP contribution in [-0.2, 0) is 0 Å². The fourth-order valence-corrected chi connectivity index (χ4v) is 3.09. The quantitative estimate of drug-likeness (QED) is 0.765. The molecular formula is C16H14N4O3S.